The fourth-order valence-corrected chi connectivity index (χ4v) is 5.96. The maximum Gasteiger partial charge on any atom is 0.244 e. The maximum absolute atomic E-state index is 14.3. The number of anilines is 1. The lowest BCUT2D eigenvalue weighted by Crippen LogP contribution is -2.54. The first kappa shape index (κ1) is 34.7. The molecule has 2 unspecified atom stereocenters. The van der Waals surface area contributed by atoms with Gasteiger partial charge in [0, 0.05) is 23.5 Å². The topological polar surface area (TPSA) is 96.0 Å². The summed E-state index contributed by atoms with van der Waals surface area (Å²) in [5.41, 5.74) is 3.00. The Balaban J connectivity index is 1.64. The molecule has 1 N–H and O–H groups in total. The minimum absolute atomic E-state index is 0.106. The monoisotopic (exact) mass is 705 g/mol. The van der Waals surface area contributed by atoms with Gasteiger partial charge in [-0.05, 0) is 66.4 Å². The van der Waals surface area contributed by atoms with Gasteiger partial charge in [0.15, 0.2) is 0 Å². The third kappa shape index (κ3) is 10.2. The lowest BCUT2D eigenvalue weighted by molar-refractivity contribution is -0.140. The van der Waals surface area contributed by atoms with Gasteiger partial charge in [-0.2, -0.15) is 0 Å². The number of rotatable bonds is 15. The quantitative estimate of drug-likeness (QED) is 0.156. The van der Waals surface area contributed by atoms with Gasteiger partial charge in [0.25, 0.3) is 0 Å². The molecule has 242 valence electrons. The zero-order chi connectivity index (χ0) is 33.1. The first-order valence-electron chi connectivity index (χ1n) is 15.2. The highest BCUT2D eigenvalue weighted by Gasteiger charge is 2.33. The SMILES string of the molecule is CCC(C)NC(=O)C(Cc1ccccc1)N(Cc1ccc(Br)cc1)C(=O)CN(c1ccc(OCc2ccccc2)cc1)S(C)(=O)=O. The number of hydrogen-bond acceptors (Lipinski definition) is 5. The van der Waals surface area contributed by atoms with Crippen LogP contribution in [0.15, 0.2) is 114 Å². The van der Waals surface area contributed by atoms with Crippen LogP contribution in [0.4, 0.5) is 5.69 Å². The number of ether oxygens (including phenoxy) is 1. The Labute approximate surface area is 280 Å². The Bertz CT molecular complexity index is 1670. The van der Waals surface area contributed by atoms with Crippen LogP contribution < -0.4 is 14.4 Å². The summed E-state index contributed by atoms with van der Waals surface area (Å²) in [6.07, 6.45) is 2.05. The minimum atomic E-state index is -3.88. The van der Waals surface area contributed by atoms with E-state index in [-0.39, 0.29) is 24.9 Å². The summed E-state index contributed by atoms with van der Waals surface area (Å²) in [6.45, 7) is 3.88. The maximum atomic E-state index is 14.3. The van der Waals surface area contributed by atoms with Gasteiger partial charge >= 0.3 is 0 Å². The fourth-order valence-electron chi connectivity index (χ4n) is 4.84. The largest absolute Gasteiger partial charge is 0.489 e. The van der Waals surface area contributed by atoms with E-state index in [4.69, 9.17) is 4.74 Å². The second-order valence-corrected chi connectivity index (χ2v) is 14.0. The number of amides is 2. The van der Waals surface area contributed by atoms with Gasteiger partial charge in [0.05, 0.1) is 11.9 Å². The zero-order valence-corrected chi connectivity index (χ0v) is 28.7. The molecule has 0 aliphatic heterocycles. The van der Waals surface area contributed by atoms with Crippen molar-refractivity contribution in [2.75, 3.05) is 17.1 Å². The molecule has 4 aromatic rings. The molecule has 0 aromatic heterocycles. The highest BCUT2D eigenvalue weighted by atomic mass is 79.9. The number of carbonyl (C=O) groups excluding carboxylic acids is 2. The van der Waals surface area contributed by atoms with Crippen LogP contribution in [-0.2, 0) is 39.2 Å². The summed E-state index contributed by atoms with van der Waals surface area (Å²) >= 11 is 3.45. The Hall–Kier alpha value is -4.15. The average Bonchev–Trinajstić information content (AvgIpc) is 3.05. The predicted molar refractivity (Wildman–Crippen MR) is 186 cm³/mol. The molecule has 0 spiro atoms. The molecule has 0 bridgehead atoms. The molecular weight excluding hydrogens is 666 g/mol. The summed E-state index contributed by atoms with van der Waals surface area (Å²) in [4.78, 5) is 29.6. The number of carbonyl (C=O) groups is 2. The molecule has 0 aliphatic rings. The van der Waals surface area contributed by atoms with Crippen LogP contribution in [0.3, 0.4) is 0 Å². The molecule has 8 nitrogen and oxygen atoms in total. The van der Waals surface area contributed by atoms with Crippen LogP contribution >= 0.6 is 15.9 Å². The molecule has 4 rings (SSSR count). The molecule has 0 saturated heterocycles. The van der Waals surface area contributed by atoms with Crippen molar-refractivity contribution in [1.29, 1.82) is 0 Å². The van der Waals surface area contributed by atoms with Crippen molar-refractivity contribution in [2.24, 2.45) is 0 Å². The van der Waals surface area contributed by atoms with Crippen molar-refractivity contribution in [1.82, 2.24) is 10.2 Å². The van der Waals surface area contributed by atoms with E-state index >= 15 is 0 Å². The van der Waals surface area contributed by atoms with E-state index in [0.29, 0.717) is 18.0 Å². The minimum Gasteiger partial charge on any atom is -0.489 e. The van der Waals surface area contributed by atoms with Crippen molar-refractivity contribution in [3.63, 3.8) is 0 Å². The Morgan fingerprint density at radius 1 is 0.826 bits per heavy atom. The van der Waals surface area contributed by atoms with Crippen molar-refractivity contribution < 1.29 is 22.7 Å². The summed E-state index contributed by atoms with van der Waals surface area (Å²) in [5.74, 6) is -0.235. The van der Waals surface area contributed by atoms with Crippen LogP contribution in [0, 0.1) is 0 Å². The van der Waals surface area contributed by atoms with Crippen molar-refractivity contribution in [3.8, 4) is 5.75 Å². The number of nitrogens with one attached hydrogen (secondary N) is 1. The van der Waals surface area contributed by atoms with E-state index in [1.165, 1.54) is 4.90 Å². The van der Waals surface area contributed by atoms with Crippen molar-refractivity contribution >= 4 is 43.5 Å². The number of halogens is 1. The molecule has 0 aliphatic carbocycles. The van der Waals surface area contributed by atoms with Crippen molar-refractivity contribution in [2.45, 2.75) is 51.9 Å². The standard InChI is InChI=1S/C36H40BrN3O5S/c1-4-27(2)38-36(42)34(23-28-11-7-5-8-12-28)39(24-29-15-17-31(37)18-16-29)35(41)25-40(46(3,43)44)32-19-21-33(22-20-32)45-26-30-13-9-6-10-14-30/h5-22,27,34H,4,23-26H2,1-3H3,(H,38,42). The van der Waals surface area contributed by atoms with Gasteiger partial charge in [0.2, 0.25) is 21.8 Å². The van der Waals surface area contributed by atoms with E-state index in [1.807, 2.05) is 98.8 Å². The highest BCUT2D eigenvalue weighted by Crippen LogP contribution is 2.24. The molecule has 0 radical (unpaired) electrons. The molecule has 46 heavy (non-hydrogen) atoms. The average molecular weight is 707 g/mol. The van der Waals surface area contributed by atoms with Gasteiger partial charge in [-0.25, -0.2) is 8.42 Å². The second-order valence-electron chi connectivity index (χ2n) is 11.2. The van der Waals surface area contributed by atoms with E-state index in [2.05, 4.69) is 21.2 Å². The van der Waals surface area contributed by atoms with Crippen LogP contribution in [-0.4, -0.2) is 50.0 Å². The van der Waals surface area contributed by atoms with E-state index in [1.54, 1.807) is 24.3 Å². The summed E-state index contributed by atoms with van der Waals surface area (Å²) in [6, 6.07) is 32.3. The van der Waals surface area contributed by atoms with Crippen LogP contribution in [0.5, 0.6) is 5.75 Å². The molecule has 0 saturated carbocycles. The van der Waals surface area contributed by atoms with E-state index in [0.717, 1.165) is 38.1 Å². The lowest BCUT2D eigenvalue weighted by atomic mass is 10.0. The van der Waals surface area contributed by atoms with Crippen molar-refractivity contribution in [3.05, 3.63) is 130 Å². The zero-order valence-electron chi connectivity index (χ0n) is 26.3. The predicted octanol–water partition coefficient (Wildman–Crippen LogP) is 6.35. The molecule has 0 fully saturated rings. The first-order valence-corrected chi connectivity index (χ1v) is 17.8. The Morgan fingerprint density at radius 2 is 1.41 bits per heavy atom. The summed E-state index contributed by atoms with van der Waals surface area (Å²) in [7, 11) is -3.88. The highest BCUT2D eigenvalue weighted by molar-refractivity contribution is 9.10. The Morgan fingerprint density at radius 3 is 1.98 bits per heavy atom. The number of sulfonamides is 1. The third-order valence-corrected chi connectivity index (χ3v) is 9.26. The van der Waals surface area contributed by atoms with Crippen LogP contribution in [0.2, 0.25) is 0 Å². The molecule has 10 heteroatoms. The molecule has 0 heterocycles. The van der Waals surface area contributed by atoms with Gasteiger partial charge in [-0.1, -0.05) is 95.7 Å². The molecule has 2 amide bonds. The molecular formula is C36H40BrN3O5S. The van der Waals surface area contributed by atoms with E-state index < -0.39 is 28.5 Å². The number of nitrogens with zero attached hydrogens (tertiary/aromatic N) is 2. The van der Waals surface area contributed by atoms with Crippen LogP contribution in [0.1, 0.15) is 37.0 Å². The summed E-state index contributed by atoms with van der Waals surface area (Å²) < 4.78 is 34.0. The third-order valence-electron chi connectivity index (χ3n) is 7.59. The first-order chi connectivity index (χ1) is 22.0. The number of hydrogen-bond donors (Lipinski definition) is 1. The van der Waals surface area contributed by atoms with E-state index in [9.17, 15) is 18.0 Å². The smallest absolute Gasteiger partial charge is 0.244 e. The normalized spacial score (nSPS) is 12.5. The lowest BCUT2D eigenvalue weighted by Gasteiger charge is -2.34. The Kier molecular flexibility index (Phi) is 12.4. The van der Waals surface area contributed by atoms with Gasteiger partial charge in [-0.15, -0.1) is 0 Å². The summed E-state index contributed by atoms with van der Waals surface area (Å²) in [5, 5.41) is 3.04. The number of benzene rings is 4. The van der Waals surface area contributed by atoms with Gasteiger partial charge < -0.3 is 15.0 Å². The van der Waals surface area contributed by atoms with Crippen LogP contribution in [0.25, 0.3) is 0 Å². The molecule has 4 aromatic carbocycles. The fraction of sp³-hybridized carbons (Fsp3) is 0.278. The molecule has 2 atom stereocenters. The van der Waals surface area contributed by atoms with Gasteiger partial charge in [-0.3, -0.25) is 13.9 Å². The van der Waals surface area contributed by atoms with Gasteiger partial charge in [0.1, 0.15) is 24.9 Å². The second kappa shape index (κ2) is 16.4.